The van der Waals surface area contributed by atoms with Crippen molar-refractivity contribution in [1.82, 2.24) is 4.57 Å². The molecule has 92 valence electrons. The van der Waals surface area contributed by atoms with Crippen molar-refractivity contribution < 1.29 is 4.74 Å². The summed E-state index contributed by atoms with van der Waals surface area (Å²) in [6.45, 7) is 5.38. The summed E-state index contributed by atoms with van der Waals surface area (Å²) < 4.78 is 7.63. The van der Waals surface area contributed by atoms with Crippen molar-refractivity contribution >= 4 is 10.9 Å². The Labute approximate surface area is 102 Å². The minimum Gasteiger partial charge on any atom is -0.361 e. The van der Waals surface area contributed by atoms with E-state index in [0.29, 0.717) is 6.73 Å². The zero-order valence-corrected chi connectivity index (χ0v) is 10.5. The van der Waals surface area contributed by atoms with E-state index in [9.17, 15) is 0 Å². The van der Waals surface area contributed by atoms with Gasteiger partial charge in [0.15, 0.2) is 0 Å². The molecule has 3 heteroatoms. The molecule has 2 rings (SSSR count). The average molecular weight is 232 g/mol. The van der Waals surface area contributed by atoms with Gasteiger partial charge in [0.05, 0.1) is 5.52 Å². The van der Waals surface area contributed by atoms with Gasteiger partial charge in [-0.25, -0.2) is 0 Å². The Balaban J connectivity index is 2.39. The number of benzene rings is 1. The van der Waals surface area contributed by atoms with E-state index in [0.717, 1.165) is 13.0 Å². The zero-order chi connectivity index (χ0) is 12.3. The van der Waals surface area contributed by atoms with Gasteiger partial charge in [-0.05, 0) is 31.9 Å². The third kappa shape index (κ3) is 2.68. The highest BCUT2D eigenvalue weighted by Crippen LogP contribution is 2.22. The highest BCUT2D eigenvalue weighted by Gasteiger charge is 2.09. The molecule has 17 heavy (non-hydrogen) atoms. The number of hydrogen-bond donors (Lipinski definition) is 1. The Kier molecular flexibility index (Phi) is 3.82. The second-order valence-corrected chi connectivity index (χ2v) is 4.44. The monoisotopic (exact) mass is 232 g/mol. The molecule has 0 amide bonds. The van der Waals surface area contributed by atoms with Crippen molar-refractivity contribution in [2.45, 2.75) is 33.0 Å². The lowest BCUT2D eigenvalue weighted by atomic mass is 10.1. The first-order valence-electron chi connectivity index (χ1n) is 6.12. The highest BCUT2D eigenvalue weighted by atomic mass is 16.5. The van der Waals surface area contributed by atoms with Gasteiger partial charge in [0.1, 0.15) is 6.73 Å². The predicted octanol–water partition coefficient (Wildman–Crippen LogP) is 2.53. The summed E-state index contributed by atoms with van der Waals surface area (Å²) >= 11 is 0. The van der Waals surface area contributed by atoms with Gasteiger partial charge in [-0.3, -0.25) is 0 Å². The van der Waals surface area contributed by atoms with Gasteiger partial charge < -0.3 is 15.0 Å². The molecule has 1 aromatic heterocycles. The largest absolute Gasteiger partial charge is 0.361 e. The number of ether oxygens (including phenoxy) is 1. The van der Waals surface area contributed by atoms with Crippen molar-refractivity contribution in [3.05, 3.63) is 36.0 Å². The molecular formula is C14H20N2O. The van der Waals surface area contributed by atoms with Crippen LogP contribution in [0, 0.1) is 0 Å². The lowest BCUT2D eigenvalue weighted by Crippen LogP contribution is -2.17. The van der Waals surface area contributed by atoms with Crippen LogP contribution in [0.1, 0.15) is 19.4 Å². The van der Waals surface area contributed by atoms with E-state index in [4.69, 9.17) is 10.5 Å². The van der Waals surface area contributed by atoms with Gasteiger partial charge in [0.25, 0.3) is 0 Å². The van der Waals surface area contributed by atoms with Gasteiger partial charge in [0, 0.05) is 24.2 Å². The minimum atomic E-state index is 0.182. The summed E-state index contributed by atoms with van der Waals surface area (Å²) in [5.74, 6) is 0. The second-order valence-electron chi connectivity index (χ2n) is 4.44. The van der Waals surface area contributed by atoms with E-state index in [1.165, 1.54) is 16.5 Å². The van der Waals surface area contributed by atoms with Gasteiger partial charge >= 0.3 is 0 Å². The van der Waals surface area contributed by atoms with Gasteiger partial charge in [-0.1, -0.05) is 18.2 Å². The standard InChI is InChI=1S/C14H20N2O/c1-3-17-10-16-9-12(8-11(2)15)13-6-4-5-7-14(13)16/h4-7,9,11H,3,8,10,15H2,1-2H3. The molecule has 1 unspecified atom stereocenters. The molecule has 2 aromatic rings. The summed E-state index contributed by atoms with van der Waals surface area (Å²) in [5.41, 5.74) is 8.40. The number of nitrogens with zero attached hydrogens (tertiary/aromatic N) is 1. The molecule has 3 nitrogen and oxygen atoms in total. The lowest BCUT2D eigenvalue weighted by molar-refractivity contribution is 0.0908. The van der Waals surface area contributed by atoms with E-state index in [-0.39, 0.29) is 6.04 Å². The predicted molar refractivity (Wildman–Crippen MR) is 70.9 cm³/mol. The Morgan fingerprint density at radius 1 is 1.35 bits per heavy atom. The fraction of sp³-hybridized carbons (Fsp3) is 0.429. The van der Waals surface area contributed by atoms with Crippen LogP contribution in [-0.4, -0.2) is 17.2 Å². The van der Waals surface area contributed by atoms with Crippen LogP contribution in [-0.2, 0) is 17.9 Å². The molecule has 0 saturated heterocycles. The Morgan fingerprint density at radius 3 is 2.82 bits per heavy atom. The first-order chi connectivity index (χ1) is 8.22. The maximum Gasteiger partial charge on any atom is 0.122 e. The molecule has 0 aliphatic rings. The SMILES string of the molecule is CCOCn1cc(CC(C)N)c2ccccc21. The quantitative estimate of drug-likeness (QED) is 0.860. The van der Waals surface area contributed by atoms with Gasteiger partial charge in [-0.15, -0.1) is 0 Å². The topological polar surface area (TPSA) is 40.2 Å². The number of nitrogens with two attached hydrogens (primary N) is 1. The molecule has 0 aliphatic heterocycles. The van der Waals surface area contributed by atoms with Crippen molar-refractivity contribution in [3.8, 4) is 0 Å². The third-order valence-corrected chi connectivity index (χ3v) is 2.85. The molecule has 1 atom stereocenters. The number of aromatic nitrogens is 1. The van der Waals surface area contributed by atoms with Gasteiger partial charge in [0.2, 0.25) is 0 Å². The van der Waals surface area contributed by atoms with Crippen LogP contribution >= 0.6 is 0 Å². The second kappa shape index (κ2) is 5.34. The smallest absolute Gasteiger partial charge is 0.122 e. The van der Waals surface area contributed by atoms with E-state index >= 15 is 0 Å². The first-order valence-corrected chi connectivity index (χ1v) is 6.12. The number of hydrogen-bond acceptors (Lipinski definition) is 2. The summed E-state index contributed by atoms with van der Waals surface area (Å²) in [6, 6.07) is 8.58. The molecule has 0 fully saturated rings. The van der Waals surface area contributed by atoms with Crippen LogP contribution in [0.2, 0.25) is 0 Å². The fourth-order valence-electron chi connectivity index (χ4n) is 2.13. The molecule has 0 spiro atoms. The number of rotatable bonds is 5. The Hall–Kier alpha value is -1.32. The summed E-state index contributed by atoms with van der Waals surface area (Å²) in [6.07, 6.45) is 3.06. The summed E-state index contributed by atoms with van der Waals surface area (Å²) in [7, 11) is 0. The van der Waals surface area contributed by atoms with Crippen molar-refractivity contribution in [2.24, 2.45) is 5.73 Å². The maximum absolute atomic E-state index is 5.88. The highest BCUT2D eigenvalue weighted by molar-refractivity contribution is 5.84. The van der Waals surface area contributed by atoms with Crippen LogP contribution < -0.4 is 5.73 Å². The van der Waals surface area contributed by atoms with Crippen molar-refractivity contribution in [1.29, 1.82) is 0 Å². The molecule has 0 aliphatic carbocycles. The maximum atomic E-state index is 5.88. The molecular weight excluding hydrogens is 212 g/mol. The molecule has 2 N–H and O–H groups in total. The average Bonchev–Trinajstić information content (AvgIpc) is 2.65. The Bertz CT molecular complexity index is 488. The van der Waals surface area contributed by atoms with E-state index in [1.807, 2.05) is 13.8 Å². The van der Waals surface area contributed by atoms with E-state index < -0.39 is 0 Å². The minimum absolute atomic E-state index is 0.182. The zero-order valence-electron chi connectivity index (χ0n) is 10.5. The fourth-order valence-corrected chi connectivity index (χ4v) is 2.13. The summed E-state index contributed by atoms with van der Waals surface area (Å²) in [4.78, 5) is 0. The first kappa shape index (κ1) is 12.1. The molecule has 0 bridgehead atoms. The molecule has 0 saturated carbocycles. The molecule has 1 aromatic carbocycles. The molecule has 1 heterocycles. The number of fused-ring (bicyclic) bond motifs is 1. The normalized spacial score (nSPS) is 13.1. The lowest BCUT2D eigenvalue weighted by Gasteiger charge is -2.04. The Morgan fingerprint density at radius 2 is 2.12 bits per heavy atom. The van der Waals surface area contributed by atoms with Crippen LogP contribution in [0.5, 0.6) is 0 Å². The van der Waals surface area contributed by atoms with Crippen LogP contribution in [0.4, 0.5) is 0 Å². The van der Waals surface area contributed by atoms with Crippen molar-refractivity contribution in [2.75, 3.05) is 6.61 Å². The van der Waals surface area contributed by atoms with Crippen LogP contribution in [0.3, 0.4) is 0 Å². The summed E-state index contributed by atoms with van der Waals surface area (Å²) in [5, 5.41) is 1.28. The van der Waals surface area contributed by atoms with Gasteiger partial charge in [-0.2, -0.15) is 0 Å². The van der Waals surface area contributed by atoms with Crippen LogP contribution in [0.25, 0.3) is 10.9 Å². The third-order valence-electron chi connectivity index (χ3n) is 2.85. The van der Waals surface area contributed by atoms with Crippen molar-refractivity contribution in [3.63, 3.8) is 0 Å². The molecule has 0 radical (unpaired) electrons. The van der Waals surface area contributed by atoms with Crippen LogP contribution in [0.15, 0.2) is 30.5 Å². The number of para-hydroxylation sites is 1. The van der Waals surface area contributed by atoms with E-state index in [2.05, 4.69) is 35.0 Å². The van der Waals surface area contributed by atoms with E-state index in [1.54, 1.807) is 0 Å².